The van der Waals surface area contributed by atoms with Gasteiger partial charge in [0.25, 0.3) is 0 Å². The summed E-state index contributed by atoms with van der Waals surface area (Å²) in [5, 5.41) is 6.40. The highest BCUT2D eigenvalue weighted by atomic mass is 19.4. The highest BCUT2D eigenvalue weighted by Gasteiger charge is 2.32. The number of likely N-dealkylation sites (N-methyl/N-ethyl adjacent to an activating group) is 1. The number of hydrogen-bond donors (Lipinski definition) is 2. The topological polar surface area (TPSA) is 37.0 Å². The molecule has 0 aliphatic heterocycles. The number of rotatable bonds is 9. The molecule has 0 spiro atoms. The van der Waals surface area contributed by atoms with Crippen LogP contribution in [0.3, 0.4) is 0 Å². The molecule has 0 aliphatic carbocycles. The summed E-state index contributed by atoms with van der Waals surface area (Å²) in [7, 11) is 1.71. The lowest BCUT2D eigenvalue weighted by molar-refractivity contribution is -0.141. The number of alkyl halides is 3. The maximum atomic E-state index is 14.9. The van der Waals surface area contributed by atoms with Gasteiger partial charge in [0.15, 0.2) is 0 Å². The predicted octanol–water partition coefficient (Wildman–Crippen LogP) is 6.42. The fraction of sp³-hybridized carbons (Fsp3) is 0.269. The van der Waals surface area contributed by atoms with Gasteiger partial charge in [0.2, 0.25) is 0 Å². The molecule has 0 saturated carbocycles. The zero-order valence-corrected chi connectivity index (χ0v) is 18.9. The molecule has 3 rings (SSSR count). The van der Waals surface area contributed by atoms with E-state index in [9.17, 15) is 22.0 Å². The smallest absolute Gasteiger partial charge is 0.390 e. The Balaban J connectivity index is 1.90. The molecule has 0 radical (unpaired) electrons. The molecule has 2 aromatic carbocycles. The summed E-state index contributed by atoms with van der Waals surface area (Å²) in [5.41, 5.74) is 2.26. The van der Waals surface area contributed by atoms with E-state index in [4.69, 9.17) is 0 Å². The first-order valence-corrected chi connectivity index (χ1v) is 10.7. The van der Waals surface area contributed by atoms with Gasteiger partial charge in [-0.25, -0.2) is 8.78 Å². The highest BCUT2D eigenvalue weighted by Crippen LogP contribution is 2.30. The van der Waals surface area contributed by atoms with E-state index in [1.54, 1.807) is 31.3 Å². The maximum absolute atomic E-state index is 14.9. The standard InChI is InChI=1S/C26H26F5N3/c1-16-4-11-22(28)21(14-16)23(12-5-18-6-13-24(33-15-18)26(29,30)31)34-25(17(2)32-3)19-7-9-20(27)10-8-19/h4,6-11,13-15,23,25,32,34H,2,5,12H2,1,3H3. The molecule has 0 amide bonds. The van der Waals surface area contributed by atoms with Crippen LogP contribution in [-0.4, -0.2) is 12.0 Å². The van der Waals surface area contributed by atoms with E-state index in [-0.39, 0.29) is 5.82 Å². The van der Waals surface area contributed by atoms with Crippen molar-refractivity contribution in [3.05, 3.63) is 113 Å². The summed E-state index contributed by atoms with van der Waals surface area (Å²) in [6.45, 7) is 5.88. The zero-order chi connectivity index (χ0) is 24.9. The lowest BCUT2D eigenvalue weighted by Crippen LogP contribution is -2.32. The van der Waals surface area contributed by atoms with E-state index in [2.05, 4.69) is 22.2 Å². The van der Waals surface area contributed by atoms with Gasteiger partial charge in [0.05, 0.1) is 6.04 Å². The van der Waals surface area contributed by atoms with Crippen molar-refractivity contribution in [2.75, 3.05) is 7.05 Å². The summed E-state index contributed by atoms with van der Waals surface area (Å²) in [4.78, 5) is 3.51. The van der Waals surface area contributed by atoms with E-state index < -0.39 is 29.8 Å². The molecule has 8 heteroatoms. The number of hydrogen-bond acceptors (Lipinski definition) is 3. The molecule has 3 nitrogen and oxygen atoms in total. The van der Waals surface area contributed by atoms with Crippen LogP contribution in [0.15, 0.2) is 73.1 Å². The Labute approximate surface area is 195 Å². The molecule has 0 saturated heterocycles. The van der Waals surface area contributed by atoms with Gasteiger partial charge in [0.1, 0.15) is 17.3 Å². The van der Waals surface area contributed by atoms with Gasteiger partial charge >= 0.3 is 6.18 Å². The van der Waals surface area contributed by atoms with Crippen LogP contribution in [0.4, 0.5) is 22.0 Å². The molecule has 2 atom stereocenters. The Bertz CT molecular complexity index is 1110. The fourth-order valence-corrected chi connectivity index (χ4v) is 3.71. The van der Waals surface area contributed by atoms with Crippen LogP contribution in [0, 0.1) is 18.6 Å². The van der Waals surface area contributed by atoms with Crippen molar-refractivity contribution >= 4 is 0 Å². The molecule has 0 bridgehead atoms. The first-order chi connectivity index (χ1) is 16.1. The molecule has 2 N–H and O–H groups in total. The zero-order valence-electron chi connectivity index (χ0n) is 18.9. The summed E-state index contributed by atoms with van der Waals surface area (Å²) in [5.74, 6) is -0.782. The normalized spacial score (nSPS) is 13.4. The Hall–Kier alpha value is -3.26. The molecule has 1 aromatic heterocycles. The minimum absolute atomic E-state index is 0.359. The lowest BCUT2D eigenvalue weighted by Gasteiger charge is -2.29. The third-order valence-electron chi connectivity index (χ3n) is 5.60. The van der Waals surface area contributed by atoms with Crippen LogP contribution in [0.25, 0.3) is 0 Å². The number of benzene rings is 2. The maximum Gasteiger partial charge on any atom is 0.433 e. The van der Waals surface area contributed by atoms with E-state index in [1.807, 2.05) is 6.92 Å². The first kappa shape index (κ1) is 25.4. The van der Waals surface area contributed by atoms with Crippen LogP contribution in [0.2, 0.25) is 0 Å². The fourth-order valence-electron chi connectivity index (χ4n) is 3.71. The number of aromatic nitrogens is 1. The number of aryl methyl sites for hydroxylation is 2. The SMILES string of the molecule is C=C(NC)C(NC(CCc1ccc(C(F)(F)F)nc1)c1cc(C)ccc1F)c1ccc(F)cc1. The van der Waals surface area contributed by atoms with Crippen LogP contribution >= 0.6 is 0 Å². The van der Waals surface area contributed by atoms with E-state index in [1.165, 1.54) is 30.5 Å². The Morgan fingerprint density at radius 3 is 2.32 bits per heavy atom. The van der Waals surface area contributed by atoms with Crippen molar-refractivity contribution in [1.29, 1.82) is 0 Å². The summed E-state index contributed by atoms with van der Waals surface area (Å²) >= 11 is 0. The average molecular weight is 476 g/mol. The van der Waals surface area contributed by atoms with Gasteiger partial charge in [-0.1, -0.05) is 42.5 Å². The van der Waals surface area contributed by atoms with Gasteiger partial charge in [-0.15, -0.1) is 0 Å². The molecular weight excluding hydrogens is 449 g/mol. The molecule has 0 fully saturated rings. The molecule has 180 valence electrons. The number of nitrogens with zero attached hydrogens (tertiary/aromatic N) is 1. The molecule has 3 aromatic rings. The van der Waals surface area contributed by atoms with Crippen molar-refractivity contribution in [2.45, 2.75) is 38.0 Å². The second-order valence-corrected chi connectivity index (χ2v) is 8.09. The molecular formula is C26H26F5N3. The molecule has 2 unspecified atom stereocenters. The highest BCUT2D eigenvalue weighted by molar-refractivity contribution is 5.31. The second-order valence-electron chi connectivity index (χ2n) is 8.09. The van der Waals surface area contributed by atoms with Gasteiger partial charge in [-0.05, 0) is 55.2 Å². The van der Waals surface area contributed by atoms with E-state index in [0.29, 0.717) is 29.7 Å². The number of halogens is 5. The Morgan fingerprint density at radius 2 is 1.74 bits per heavy atom. The monoisotopic (exact) mass is 475 g/mol. The second kappa shape index (κ2) is 10.8. The van der Waals surface area contributed by atoms with Crippen LogP contribution < -0.4 is 10.6 Å². The van der Waals surface area contributed by atoms with Crippen LogP contribution in [0.1, 0.15) is 46.5 Å². The average Bonchev–Trinajstić information content (AvgIpc) is 2.81. The lowest BCUT2D eigenvalue weighted by atomic mass is 9.94. The van der Waals surface area contributed by atoms with Gasteiger partial charge < -0.3 is 5.32 Å². The van der Waals surface area contributed by atoms with Gasteiger partial charge in [-0.3, -0.25) is 10.3 Å². The van der Waals surface area contributed by atoms with Crippen molar-refractivity contribution in [1.82, 2.24) is 15.6 Å². The third-order valence-corrected chi connectivity index (χ3v) is 5.60. The Kier molecular flexibility index (Phi) is 8.04. The summed E-state index contributed by atoms with van der Waals surface area (Å²) < 4.78 is 66.8. The molecule has 0 aliphatic rings. The number of nitrogens with one attached hydrogen (secondary N) is 2. The van der Waals surface area contributed by atoms with Crippen molar-refractivity contribution in [3.8, 4) is 0 Å². The van der Waals surface area contributed by atoms with Crippen molar-refractivity contribution < 1.29 is 22.0 Å². The van der Waals surface area contributed by atoms with Gasteiger partial charge in [-0.2, -0.15) is 13.2 Å². The third kappa shape index (κ3) is 6.41. The largest absolute Gasteiger partial charge is 0.433 e. The summed E-state index contributed by atoms with van der Waals surface area (Å²) in [6.07, 6.45) is -2.58. The minimum atomic E-state index is -4.51. The Morgan fingerprint density at radius 1 is 1.03 bits per heavy atom. The minimum Gasteiger partial charge on any atom is -0.390 e. The predicted molar refractivity (Wildman–Crippen MR) is 122 cm³/mol. The van der Waals surface area contributed by atoms with Crippen LogP contribution in [0.5, 0.6) is 0 Å². The van der Waals surface area contributed by atoms with Crippen LogP contribution in [-0.2, 0) is 12.6 Å². The molecule has 1 heterocycles. The number of pyridine rings is 1. The van der Waals surface area contributed by atoms with Gasteiger partial charge in [0, 0.05) is 30.5 Å². The first-order valence-electron chi connectivity index (χ1n) is 10.7. The molecule has 34 heavy (non-hydrogen) atoms. The quantitative estimate of drug-likeness (QED) is 0.351. The van der Waals surface area contributed by atoms with E-state index in [0.717, 1.165) is 17.2 Å². The van der Waals surface area contributed by atoms with E-state index >= 15 is 0 Å². The summed E-state index contributed by atoms with van der Waals surface area (Å²) in [6, 6.07) is 12.0. The van der Waals surface area contributed by atoms with Crippen molar-refractivity contribution in [3.63, 3.8) is 0 Å². The van der Waals surface area contributed by atoms with Crippen molar-refractivity contribution in [2.24, 2.45) is 0 Å².